The first kappa shape index (κ1) is 18.0. The molecular weight excluding hydrogens is 332 g/mol. The Morgan fingerprint density at radius 3 is 2.17 bits per heavy atom. The maximum atomic E-state index is 11.3. The monoisotopic (exact) mass is 350 g/mol. The highest BCUT2D eigenvalue weighted by atomic mass is 32.2. The zero-order chi connectivity index (χ0) is 17.6. The molecule has 24 heavy (non-hydrogen) atoms. The van der Waals surface area contributed by atoms with Crippen LogP contribution < -0.4 is 4.74 Å². The van der Waals surface area contributed by atoms with Gasteiger partial charge in [0.2, 0.25) is 0 Å². The summed E-state index contributed by atoms with van der Waals surface area (Å²) < 4.78 is 35.9. The van der Waals surface area contributed by atoms with Crippen molar-refractivity contribution in [2.45, 2.75) is 24.7 Å². The summed E-state index contributed by atoms with van der Waals surface area (Å²) in [6.07, 6.45) is -0.122. The van der Waals surface area contributed by atoms with E-state index in [2.05, 4.69) is 0 Å². The third-order valence-corrected chi connectivity index (χ3v) is 4.06. The van der Waals surface area contributed by atoms with Crippen molar-refractivity contribution < 1.29 is 27.6 Å². The highest BCUT2D eigenvalue weighted by Gasteiger charge is 2.19. The van der Waals surface area contributed by atoms with Crippen LogP contribution >= 0.6 is 0 Å². The summed E-state index contributed by atoms with van der Waals surface area (Å²) in [5, 5.41) is 9.28. The van der Waals surface area contributed by atoms with Gasteiger partial charge in [-0.25, -0.2) is 4.79 Å². The van der Waals surface area contributed by atoms with Gasteiger partial charge >= 0.3 is 5.97 Å². The van der Waals surface area contributed by atoms with Crippen LogP contribution in [0.1, 0.15) is 17.5 Å². The molecule has 6 nitrogen and oxygen atoms in total. The Labute approximate surface area is 140 Å². The summed E-state index contributed by atoms with van der Waals surface area (Å²) >= 11 is 0. The van der Waals surface area contributed by atoms with Crippen molar-refractivity contribution in [2.24, 2.45) is 0 Å². The number of rotatable bonds is 8. The van der Waals surface area contributed by atoms with Crippen LogP contribution in [0.5, 0.6) is 5.75 Å². The fourth-order valence-corrected chi connectivity index (χ4v) is 2.83. The fourth-order valence-electron chi connectivity index (χ4n) is 2.21. The van der Waals surface area contributed by atoms with Crippen molar-refractivity contribution in [2.75, 3.05) is 0 Å². The van der Waals surface area contributed by atoms with Crippen molar-refractivity contribution >= 4 is 16.1 Å². The Bertz CT molecular complexity index is 768. The largest absolute Gasteiger partial charge is 0.479 e. The normalized spacial score (nSPS) is 12.5. The molecule has 2 N–H and O–H groups in total. The molecule has 0 aromatic heterocycles. The molecule has 0 saturated heterocycles. The molecule has 2 aromatic rings. The summed E-state index contributed by atoms with van der Waals surface area (Å²) in [5.41, 5.74) is 1.41. The van der Waals surface area contributed by atoms with Gasteiger partial charge in [0.15, 0.2) is 6.10 Å². The zero-order valence-electron chi connectivity index (χ0n) is 12.8. The van der Waals surface area contributed by atoms with E-state index >= 15 is 0 Å². The molecule has 128 valence electrons. The molecule has 0 aliphatic heterocycles. The molecule has 0 bridgehead atoms. The van der Waals surface area contributed by atoms with E-state index in [9.17, 15) is 18.3 Å². The van der Waals surface area contributed by atoms with Gasteiger partial charge in [-0.05, 0) is 36.1 Å². The van der Waals surface area contributed by atoms with Gasteiger partial charge in [0, 0.05) is 0 Å². The van der Waals surface area contributed by atoms with Crippen LogP contribution in [-0.4, -0.2) is 30.2 Å². The summed E-state index contributed by atoms with van der Waals surface area (Å²) in [6, 6.07) is 15.4. The Kier molecular flexibility index (Phi) is 5.94. The third kappa shape index (κ3) is 6.02. The summed E-state index contributed by atoms with van der Waals surface area (Å²) in [4.78, 5) is 11.3. The van der Waals surface area contributed by atoms with Crippen molar-refractivity contribution in [3.05, 3.63) is 65.7 Å². The molecule has 0 heterocycles. The van der Waals surface area contributed by atoms with Crippen molar-refractivity contribution in [1.29, 1.82) is 0 Å². The van der Waals surface area contributed by atoms with E-state index in [1.165, 1.54) is 24.3 Å². The summed E-state index contributed by atoms with van der Waals surface area (Å²) in [7, 11) is -4.10. The van der Waals surface area contributed by atoms with Crippen molar-refractivity contribution in [3.63, 3.8) is 0 Å². The number of aliphatic carboxylic acids is 1. The number of hydrogen-bond donors (Lipinski definition) is 2. The lowest BCUT2D eigenvalue weighted by atomic mass is 10.1. The molecule has 0 aliphatic carbocycles. The van der Waals surface area contributed by atoms with Crippen LogP contribution in [0.3, 0.4) is 0 Å². The summed E-state index contributed by atoms with van der Waals surface area (Å²) in [6.45, 7) is 0. The lowest BCUT2D eigenvalue weighted by Gasteiger charge is -2.15. The van der Waals surface area contributed by atoms with Crippen LogP contribution in [0.15, 0.2) is 54.6 Å². The Hall–Kier alpha value is -2.38. The highest BCUT2D eigenvalue weighted by Crippen LogP contribution is 2.17. The van der Waals surface area contributed by atoms with E-state index in [4.69, 9.17) is 9.29 Å². The number of carboxylic acids is 1. The van der Waals surface area contributed by atoms with Gasteiger partial charge in [-0.1, -0.05) is 42.5 Å². The van der Waals surface area contributed by atoms with Gasteiger partial charge < -0.3 is 9.84 Å². The van der Waals surface area contributed by atoms with E-state index in [1.807, 2.05) is 30.3 Å². The van der Waals surface area contributed by atoms with Gasteiger partial charge in [0.05, 0.1) is 0 Å². The number of hydrogen-bond acceptors (Lipinski definition) is 4. The summed E-state index contributed by atoms with van der Waals surface area (Å²) in [5.74, 6) is -1.23. The maximum Gasteiger partial charge on any atom is 0.344 e. The van der Waals surface area contributed by atoms with Crippen LogP contribution in [0, 0.1) is 0 Å². The zero-order valence-corrected chi connectivity index (χ0v) is 13.6. The first-order valence-corrected chi connectivity index (χ1v) is 8.92. The average Bonchev–Trinajstić information content (AvgIpc) is 2.52. The van der Waals surface area contributed by atoms with Crippen LogP contribution in [0.2, 0.25) is 0 Å². The molecule has 2 rings (SSSR count). The third-order valence-electron chi connectivity index (χ3n) is 3.36. The van der Waals surface area contributed by atoms with Crippen LogP contribution in [0.25, 0.3) is 0 Å². The lowest BCUT2D eigenvalue weighted by Crippen LogP contribution is -2.27. The van der Waals surface area contributed by atoms with Crippen LogP contribution in [-0.2, 0) is 27.1 Å². The minimum atomic E-state index is -4.10. The van der Waals surface area contributed by atoms with E-state index in [0.29, 0.717) is 24.2 Å². The molecule has 0 saturated carbocycles. The molecule has 2 aromatic carbocycles. The molecule has 0 spiro atoms. The number of carbonyl (C=O) groups is 1. The smallest absolute Gasteiger partial charge is 0.344 e. The van der Waals surface area contributed by atoms with Gasteiger partial charge in [0.1, 0.15) is 11.5 Å². The average molecular weight is 350 g/mol. The van der Waals surface area contributed by atoms with E-state index < -0.39 is 27.9 Å². The number of benzene rings is 2. The minimum Gasteiger partial charge on any atom is -0.479 e. The predicted molar refractivity (Wildman–Crippen MR) is 88.5 cm³/mol. The topological polar surface area (TPSA) is 101 Å². The Morgan fingerprint density at radius 2 is 1.62 bits per heavy atom. The predicted octanol–water partition coefficient (Wildman–Crippen LogP) is 2.54. The second-order valence-corrected chi connectivity index (χ2v) is 6.79. The SMILES string of the molecule is O=C(O)[C@@H](CCc1ccccc1)Oc1ccc(CS(=O)(=O)O)cc1. The second-order valence-electron chi connectivity index (χ2n) is 5.34. The number of carboxylic acid groups (broad SMARTS) is 1. The quantitative estimate of drug-likeness (QED) is 0.710. The molecule has 0 aliphatic rings. The highest BCUT2D eigenvalue weighted by molar-refractivity contribution is 7.85. The number of aryl methyl sites for hydroxylation is 1. The molecule has 0 amide bonds. The molecule has 0 unspecified atom stereocenters. The fraction of sp³-hybridized carbons (Fsp3) is 0.235. The first-order chi connectivity index (χ1) is 11.3. The number of ether oxygens (including phenoxy) is 1. The van der Waals surface area contributed by atoms with E-state index in [0.717, 1.165) is 5.56 Å². The lowest BCUT2D eigenvalue weighted by molar-refractivity contribution is -0.145. The molecule has 7 heteroatoms. The maximum absolute atomic E-state index is 11.3. The van der Waals surface area contributed by atoms with Crippen LogP contribution in [0.4, 0.5) is 0 Å². The molecule has 0 fully saturated rings. The first-order valence-electron chi connectivity index (χ1n) is 7.31. The van der Waals surface area contributed by atoms with Gasteiger partial charge in [-0.15, -0.1) is 0 Å². The molecule has 0 radical (unpaired) electrons. The minimum absolute atomic E-state index is 0.312. The Morgan fingerprint density at radius 1 is 1.00 bits per heavy atom. The second kappa shape index (κ2) is 7.94. The van der Waals surface area contributed by atoms with Crippen molar-refractivity contribution in [3.8, 4) is 5.75 Å². The molecule has 1 atom stereocenters. The van der Waals surface area contributed by atoms with E-state index in [-0.39, 0.29) is 0 Å². The van der Waals surface area contributed by atoms with Crippen molar-refractivity contribution in [1.82, 2.24) is 0 Å². The standard InChI is InChI=1S/C17H18O6S/c18-17(19)16(11-8-13-4-2-1-3-5-13)23-15-9-6-14(7-10-15)12-24(20,21)22/h1-7,9-10,16H,8,11-12H2,(H,18,19)(H,20,21,22)/t16-/m1/s1. The Balaban J connectivity index is 1.98. The molecular formula is C17H18O6S. The van der Waals surface area contributed by atoms with Gasteiger partial charge in [-0.2, -0.15) is 8.42 Å². The van der Waals surface area contributed by atoms with Gasteiger partial charge in [-0.3, -0.25) is 4.55 Å². The van der Waals surface area contributed by atoms with Gasteiger partial charge in [0.25, 0.3) is 10.1 Å². The van der Waals surface area contributed by atoms with E-state index in [1.54, 1.807) is 0 Å².